The molecule has 1 unspecified atom stereocenters. The fraction of sp³-hybridized carbons (Fsp3) is 0.600. The standard InChI is InChI=1S/C8H12N2O3.C2H6/c1-6-2-3-9-8(10-6)13-5-7(12)4-11;1-2/h2-3,7,11-12H,4-5H2,1H3;1-2H3. The van der Waals surface area contributed by atoms with Crippen molar-refractivity contribution in [3.8, 4) is 6.01 Å². The second-order valence-electron chi connectivity index (χ2n) is 2.63. The minimum absolute atomic E-state index is 0.0000463. The summed E-state index contributed by atoms with van der Waals surface area (Å²) in [5.41, 5.74) is 0.795. The summed E-state index contributed by atoms with van der Waals surface area (Å²) in [6.07, 6.45) is 0.687. The van der Waals surface area contributed by atoms with Gasteiger partial charge in [-0.1, -0.05) is 13.8 Å². The Labute approximate surface area is 89.8 Å². The van der Waals surface area contributed by atoms with Crippen LogP contribution in [0.15, 0.2) is 12.3 Å². The molecule has 0 amide bonds. The molecule has 2 N–H and O–H groups in total. The number of ether oxygens (including phenoxy) is 1. The van der Waals surface area contributed by atoms with Gasteiger partial charge in [-0.3, -0.25) is 0 Å². The van der Waals surface area contributed by atoms with Crippen molar-refractivity contribution in [2.24, 2.45) is 0 Å². The molecule has 5 heteroatoms. The van der Waals surface area contributed by atoms with Crippen LogP contribution in [0, 0.1) is 6.92 Å². The lowest BCUT2D eigenvalue weighted by molar-refractivity contribution is 0.0504. The minimum atomic E-state index is -0.885. The fourth-order valence-corrected chi connectivity index (χ4v) is 0.719. The van der Waals surface area contributed by atoms with Crippen molar-refractivity contribution in [2.75, 3.05) is 13.2 Å². The highest BCUT2D eigenvalue weighted by molar-refractivity contribution is 5.02. The zero-order valence-corrected chi connectivity index (χ0v) is 9.34. The number of rotatable bonds is 4. The van der Waals surface area contributed by atoms with Crippen LogP contribution in [-0.2, 0) is 0 Å². The van der Waals surface area contributed by atoms with Crippen LogP contribution in [0.25, 0.3) is 0 Å². The number of nitrogens with zero attached hydrogens (tertiary/aromatic N) is 2. The van der Waals surface area contributed by atoms with Crippen LogP contribution in [0.1, 0.15) is 19.5 Å². The highest BCUT2D eigenvalue weighted by Gasteiger charge is 2.04. The Morgan fingerprint density at radius 3 is 2.67 bits per heavy atom. The molecule has 0 aliphatic rings. The van der Waals surface area contributed by atoms with Crippen LogP contribution < -0.4 is 4.74 Å². The monoisotopic (exact) mass is 214 g/mol. The van der Waals surface area contributed by atoms with Crippen molar-refractivity contribution in [2.45, 2.75) is 26.9 Å². The Kier molecular flexibility index (Phi) is 7.49. The van der Waals surface area contributed by atoms with E-state index < -0.39 is 6.10 Å². The predicted octanol–water partition coefficient (Wildman–Crippen LogP) is 0.543. The molecule has 0 aliphatic heterocycles. The number of hydrogen-bond donors (Lipinski definition) is 2. The van der Waals surface area contributed by atoms with Crippen LogP contribution in [0.2, 0.25) is 0 Å². The van der Waals surface area contributed by atoms with Gasteiger partial charge in [-0.15, -0.1) is 0 Å². The van der Waals surface area contributed by atoms with E-state index in [4.69, 9.17) is 14.9 Å². The van der Waals surface area contributed by atoms with Crippen molar-refractivity contribution in [3.05, 3.63) is 18.0 Å². The summed E-state index contributed by atoms with van der Waals surface area (Å²) in [6, 6.07) is 1.96. The fourth-order valence-electron chi connectivity index (χ4n) is 0.719. The van der Waals surface area contributed by atoms with Gasteiger partial charge in [0.15, 0.2) is 0 Å². The first kappa shape index (κ1) is 13.8. The lowest BCUT2D eigenvalue weighted by Gasteiger charge is -2.07. The highest BCUT2D eigenvalue weighted by atomic mass is 16.5. The van der Waals surface area contributed by atoms with Crippen LogP contribution in [0.3, 0.4) is 0 Å². The molecule has 1 aromatic heterocycles. The number of aryl methyl sites for hydroxylation is 1. The van der Waals surface area contributed by atoms with E-state index in [-0.39, 0.29) is 19.2 Å². The van der Waals surface area contributed by atoms with E-state index in [1.54, 1.807) is 12.3 Å². The average molecular weight is 214 g/mol. The summed E-state index contributed by atoms with van der Waals surface area (Å²) in [4.78, 5) is 7.77. The molecule has 0 aliphatic carbocycles. The van der Waals surface area contributed by atoms with Gasteiger partial charge < -0.3 is 14.9 Å². The SMILES string of the molecule is CC.Cc1ccnc(OCC(O)CO)n1. The van der Waals surface area contributed by atoms with Gasteiger partial charge in [0.25, 0.3) is 0 Å². The van der Waals surface area contributed by atoms with Crippen LogP contribution >= 0.6 is 0 Å². The van der Waals surface area contributed by atoms with Gasteiger partial charge in [-0.2, -0.15) is 0 Å². The van der Waals surface area contributed by atoms with E-state index >= 15 is 0 Å². The number of hydrogen-bond acceptors (Lipinski definition) is 5. The molecule has 1 rings (SSSR count). The molecule has 1 aromatic rings. The van der Waals surface area contributed by atoms with E-state index in [1.807, 2.05) is 20.8 Å². The molecule has 0 saturated carbocycles. The summed E-state index contributed by atoms with van der Waals surface area (Å²) >= 11 is 0. The third kappa shape index (κ3) is 5.98. The summed E-state index contributed by atoms with van der Waals surface area (Å²) in [5.74, 6) is 0. The normalized spacial score (nSPS) is 11.3. The lowest BCUT2D eigenvalue weighted by atomic mass is 10.4. The van der Waals surface area contributed by atoms with Gasteiger partial charge >= 0.3 is 6.01 Å². The molecule has 0 aromatic carbocycles. The van der Waals surface area contributed by atoms with E-state index in [0.29, 0.717) is 0 Å². The molecule has 5 nitrogen and oxygen atoms in total. The maximum absolute atomic E-state index is 8.96. The average Bonchev–Trinajstić information content (AvgIpc) is 2.29. The van der Waals surface area contributed by atoms with E-state index in [1.165, 1.54) is 0 Å². The number of aromatic nitrogens is 2. The first-order valence-electron chi connectivity index (χ1n) is 4.93. The molecule has 86 valence electrons. The van der Waals surface area contributed by atoms with Gasteiger partial charge in [0, 0.05) is 11.9 Å². The van der Waals surface area contributed by atoms with Crippen molar-refractivity contribution >= 4 is 0 Å². The zero-order chi connectivity index (χ0) is 11.7. The van der Waals surface area contributed by atoms with Crippen LogP contribution in [0.5, 0.6) is 6.01 Å². The van der Waals surface area contributed by atoms with E-state index in [0.717, 1.165) is 5.69 Å². The maximum Gasteiger partial charge on any atom is 0.316 e. The zero-order valence-electron chi connectivity index (χ0n) is 9.34. The van der Waals surface area contributed by atoms with Crippen molar-refractivity contribution in [1.29, 1.82) is 0 Å². The Morgan fingerprint density at radius 1 is 1.47 bits per heavy atom. The smallest absolute Gasteiger partial charge is 0.316 e. The van der Waals surface area contributed by atoms with Gasteiger partial charge in [-0.05, 0) is 13.0 Å². The second kappa shape index (κ2) is 8.14. The van der Waals surface area contributed by atoms with Crippen molar-refractivity contribution < 1.29 is 14.9 Å². The minimum Gasteiger partial charge on any atom is -0.461 e. The molecule has 0 spiro atoms. The van der Waals surface area contributed by atoms with Crippen molar-refractivity contribution in [1.82, 2.24) is 9.97 Å². The predicted molar refractivity (Wildman–Crippen MR) is 56.7 cm³/mol. The Hall–Kier alpha value is -1.20. The van der Waals surface area contributed by atoms with Gasteiger partial charge in [0.05, 0.1) is 6.61 Å². The third-order valence-electron chi connectivity index (χ3n) is 1.39. The number of aliphatic hydroxyl groups excluding tert-OH is 2. The van der Waals surface area contributed by atoms with Crippen LogP contribution in [-0.4, -0.2) is 39.5 Å². The first-order valence-corrected chi connectivity index (χ1v) is 4.93. The number of aliphatic hydroxyl groups is 2. The van der Waals surface area contributed by atoms with Gasteiger partial charge in [0.1, 0.15) is 12.7 Å². The van der Waals surface area contributed by atoms with Crippen molar-refractivity contribution in [3.63, 3.8) is 0 Å². The summed E-state index contributed by atoms with van der Waals surface area (Å²) in [7, 11) is 0. The quantitative estimate of drug-likeness (QED) is 0.765. The Bertz CT molecular complexity index is 269. The molecule has 0 radical (unpaired) electrons. The molecule has 1 atom stereocenters. The molecule has 1 heterocycles. The Morgan fingerprint density at radius 2 is 2.13 bits per heavy atom. The molecular formula is C10H18N2O3. The Balaban J connectivity index is 0.000000921. The molecule has 0 bridgehead atoms. The molecular weight excluding hydrogens is 196 g/mol. The topological polar surface area (TPSA) is 75.5 Å². The van der Waals surface area contributed by atoms with E-state index in [9.17, 15) is 0 Å². The van der Waals surface area contributed by atoms with E-state index in [2.05, 4.69) is 9.97 Å². The van der Waals surface area contributed by atoms with Crippen LogP contribution in [0.4, 0.5) is 0 Å². The summed E-state index contributed by atoms with van der Waals surface area (Å²) in [5, 5.41) is 17.5. The molecule has 15 heavy (non-hydrogen) atoms. The van der Waals surface area contributed by atoms with Gasteiger partial charge in [-0.25, -0.2) is 9.97 Å². The third-order valence-corrected chi connectivity index (χ3v) is 1.39. The van der Waals surface area contributed by atoms with Gasteiger partial charge in [0.2, 0.25) is 0 Å². The highest BCUT2D eigenvalue weighted by Crippen LogP contribution is 2.01. The largest absolute Gasteiger partial charge is 0.461 e. The molecule has 0 saturated heterocycles. The maximum atomic E-state index is 8.96. The second-order valence-corrected chi connectivity index (χ2v) is 2.63. The first-order chi connectivity index (χ1) is 7.22. The summed E-state index contributed by atoms with van der Waals surface area (Å²) in [6.45, 7) is 5.49. The summed E-state index contributed by atoms with van der Waals surface area (Å²) < 4.78 is 5.01. The molecule has 0 fully saturated rings. The lowest BCUT2D eigenvalue weighted by Crippen LogP contribution is -2.21.